The highest BCUT2D eigenvalue weighted by atomic mass is 19.1. The number of nitrogens with zero attached hydrogens (tertiary/aromatic N) is 1. The molecule has 2 fully saturated rings. The molecule has 102 valence electrons. The minimum Gasteiger partial charge on any atom is -0.398 e. The number of anilines is 1. The lowest BCUT2D eigenvalue weighted by atomic mass is 10.1. The van der Waals surface area contributed by atoms with Crippen molar-refractivity contribution in [2.75, 3.05) is 18.8 Å². The number of likely N-dealkylation sites (tertiary alicyclic amines) is 1. The maximum absolute atomic E-state index is 12.9. The Balaban J connectivity index is 1.61. The number of carbonyl (C=O) groups excluding carboxylic acids is 1. The molecule has 0 spiro atoms. The number of nitrogen functional groups attached to an aromatic ring is 1. The van der Waals surface area contributed by atoms with Gasteiger partial charge in [0.1, 0.15) is 5.82 Å². The van der Waals surface area contributed by atoms with Crippen molar-refractivity contribution in [3.05, 3.63) is 29.6 Å². The van der Waals surface area contributed by atoms with E-state index < -0.39 is 5.82 Å². The highest BCUT2D eigenvalue weighted by Gasteiger charge is 2.34. The predicted molar refractivity (Wildman–Crippen MR) is 71.3 cm³/mol. The van der Waals surface area contributed by atoms with Gasteiger partial charge in [0.15, 0.2) is 0 Å². The molecule has 1 aromatic carbocycles. The monoisotopic (exact) mass is 263 g/mol. The number of rotatable bonds is 3. The van der Waals surface area contributed by atoms with Gasteiger partial charge in [-0.2, -0.15) is 0 Å². The zero-order valence-electron chi connectivity index (χ0n) is 10.7. The summed E-state index contributed by atoms with van der Waals surface area (Å²) in [6, 6.07) is 4.79. The van der Waals surface area contributed by atoms with Gasteiger partial charge in [0.25, 0.3) is 5.91 Å². The lowest BCUT2D eigenvalue weighted by Crippen LogP contribution is -2.37. The van der Waals surface area contributed by atoms with Gasteiger partial charge in [0.2, 0.25) is 0 Å². The van der Waals surface area contributed by atoms with Crippen LogP contribution < -0.4 is 11.1 Å². The third kappa shape index (κ3) is 2.71. The van der Waals surface area contributed by atoms with Crippen LogP contribution in [0.25, 0.3) is 0 Å². The van der Waals surface area contributed by atoms with Crippen molar-refractivity contribution in [1.29, 1.82) is 0 Å². The fourth-order valence-corrected chi connectivity index (χ4v) is 2.68. The first-order valence-corrected chi connectivity index (χ1v) is 6.73. The van der Waals surface area contributed by atoms with Crippen molar-refractivity contribution < 1.29 is 9.18 Å². The molecule has 1 heterocycles. The Morgan fingerprint density at radius 2 is 2.16 bits per heavy atom. The van der Waals surface area contributed by atoms with Gasteiger partial charge in [-0.3, -0.25) is 9.69 Å². The summed E-state index contributed by atoms with van der Waals surface area (Å²) in [7, 11) is 0. The van der Waals surface area contributed by atoms with Gasteiger partial charge in [-0.15, -0.1) is 0 Å². The zero-order chi connectivity index (χ0) is 13.4. The molecule has 1 saturated carbocycles. The van der Waals surface area contributed by atoms with Gasteiger partial charge in [-0.25, -0.2) is 4.39 Å². The van der Waals surface area contributed by atoms with E-state index in [-0.39, 0.29) is 17.6 Å². The Labute approximate surface area is 111 Å². The number of hydrogen-bond donors (Lipinski definition) is 2. The quantitative estimate of drug-likeness (QED) is 0.810. The molecule has 1 saturated heterocycles. The van der Waals surface area contributed by atoms with Crippen LogP contribution in [0, 0.1) is 5.82 Å². The van der Waals surface area contributed by atoms with Crippen molar-refractivity contribution in [2.45, 2.75) is 31.3 Å². The lowest BCUT2D eigenvalue weighted by molar-refractivity contribution is 0.0938. The Morgan fingerprint density at radius 1 is 1.37 bits per heavy atom. The Kier molecular flexibility index (Phi) is 3.14. The van der Waals surface area contributed by atoms with Crippen LogP contribution in [0.15, 0.2) is 18.2 Å². The number of hydrogen-bond acceptors (Lipinski definition) is 3. The van der Waals surface area contributed by atoms with Gasteiger partial charge in [-0.05, 0) is 37.5 Å². The van der Waals surface area contributed by atoms with Gasteiger partial charge < -0.3 is 11.1 Å². The molecule has 1 aliphatic carbocycles. The van der Waals surface area contributed by atoms with E-state index >= 15 is 0 Å². The second kappa shape index (κ2) is 4.81. The van der Waals surface area contributed by atoms with E-state index in [9.17, 15) is 9.18 Å². The zero-order valence-corrected chi connectivity index (χ0v) is 10.7. The van der Waals surface area contributed by atoms with Crippen LogP contribution in [0.1, 0.15) is 29.6 Å². The minimum absolute atomic E-state index is 0.178. The average Bonchev–Trinajstić information content (AvgIpc) is 3.10. The van der Waals surface area contributed by atoms with Crippen molar-refractivity contribution in [3.63, 3.8) is 0 Å². The number of halogens is 1. The smallest absolute Gasteiger partial charge is 0.253 e. The number of nitrogens with two attached hydrogens (primary N) is 1. The molecule has 1 unspecified atom stereocenters. The molecule has 3 rings (SSSR count). The van der Waals surface area contributed by atoms with Crippen LogP contribution in [0.4, 0.5) is 10.1 Å². The van der Waals surface area contributed by atoms with E-state index in [1.807, 2.05) is 0 Å². The summed E-state index contributed by atoms with van der Waals surface area (Å²) in [6.45, 7) is 1.96. The van der Waals surface area contributed by atoms with Gasteiger partial charge in [0, 0.05) is 30.9 Å². The van der Waals surface area contributed by atoms with Crippen LogP contribution in [-0.2, 0) is 0 Å². The van der Waals surface area contributed by atoms with Gasteiger partial charge in [-0.1, -0.05) is 0 Å². The maximum atomic E-state index is 12.9. The summed E-state index contributed by atoms with van der Waals surface area (Å²) >= 11 is 0. The van der Waals surface area contributed by atoms with E-state index in [4.69, 9.17) is 5.73 Å². The first-order valence-electron chi connectivity index (χ1n) is 6.73. The Hall–Kier alpha value is -1.62. The minimum atomic E-state index is -0.421. The van der Waals surface area contributed by atoms with Crippen LogP contribution in [0.5, 0.6) is 0 Å². The van der Waals surface area contributed by atoms with E-state index in [1.165, 1.54) is 31.0 Å². The summed E-state index contributed by atoms with van der Waals surface area (Å²) in [4.78, 5) is 14.5. The van der Waals surface area contributed by atoms with E-state index in [0.29, 0.717) is 5.56 Å². The van der Waals surface area contributed by atoms with Crippen LogP contribution in [0.3, 0.4) is 0 Å². The molecule has 5 heteroatoms. The molecule has 2 aliphatic rings. The molecule has 1 aliphatic heterocycles. The van der Waals surface area contributed by atoms with Crippen LogP contribution in [-0.4, -0.2) is 36.0 Å². The van der Waals surface area contributed by atoms with E-state index in [2.05, 4.69) is 10.2 Å². The first-order chi connectivity index (χ1) is 9.13. The SMILES string of the molecule is Nc1cc(F)ccc1C(=O)NC1CCN(C2CC2)C1. The fourth-order valence-electron chi connectivity index (χ4n) is 2.68. The molecule has 19 heavy (non-hydrogen) atoms. The molecule has 1 aromatic rings. The largest absolute Gasteiger partial charge is 0.398 e. The predicted octanol–water partition coefficient (Wildman–Crippen LogP) is 1.37. The molecular formula is C14H18FN3O. The first kappa shape index (κ1) is 12.4. The van der Waals surface area contributed by atoms with Crippen molar-refractivity contribution in [3.8, 4) is 0 Å². The molecule has 1 atom stereocenters. The van der Waals surface area contributed by atoms with Crippen molar-refractivity contribution in [1.82, 2.24) is 10.2 Å². The molecular weight excluding hydrogens is 245 g/mol. The third-order valence-electron chi connectivity index (χ3n) is 3.88. The fraction of sp³-hybridized carbons (Fsp3) is 0.500. The number of nitrogens with one attached hydrogen (secondary N) is 1. The lowest BCUT2D eigenvalue weighted by Gasteiger charge is -2.16. The highest BCUT2D eigenvalue weighted by molar-refractivity contribution is 5.99. The van der Waals surface area contributed by atoms with E-state index in [1.54, 1.807) is 0 Å². The Bertz CT molecular complexity index is 501. The summed E-state index contributed by atoms with van der Waals surface area (Å²) in [5.74, 6) is -0.630. The molecule has 0 aromatic heterocycles. The Morgan fingerprint density at radius 3 is 2.84 bits per heavy atom. The average molecular weight is 263 g/mol. The molecule has 1 amide bonds. The molecule has 0 radical (unpaired) electrons. The highest BCUT2D eigenvalue weighted by Crippen LogP contribution is 2.29. The third-order valence-corrected chi connectivity index (χ3v) is 3.88. The molecule has 3 N–H and O–H groups in total. The van der Waals surface area contributed by atoms with E-state index in [0.717, 1.165) is 25.6 Å². The standard InChI is InChI=1S/C14H18FN3O/c15-9-1-4-12(13(16)7-9)14(19)17-10-5-6-18(8-10)11-2-3-11/h1,4,7,10-11H,2-3,5-6,8,16H2,(H,17,19). The maximum Gasteiger partial charge on any atom is 0.253 e. The number of amides is 1. The normalized spacial score (nSPS) is 23.5. The molecule has 4 nitrogen and oxygen atoms in total. The summed E-state index contributed by atoms with van der Waals surface area (Å²) in [6.07, 6.45) is 3.54. The molecule has 0 bridgehead atoms. The summed E-state index contributed by atoms with van der Waals surface area (Å²) < 4.78 is 12.9. The number of carbonyl (C=O) groups is 1. The van der Waals surface area contributed by atoms with Crippen LogP contribution >= 0.6 is 0 Å². The van der Waals surface area contributed by atoms with Gasteiger partial charge >= 0.3 is 0 Å². The van der Waals surface area contributed by atoms with Crippen LogP contribution in [0.2, 0.25) is 0 Å². The van der Waals surface area contributed by atoms with Crippen molar-refractivity contribution >= 4 is 11.6 Å². The number of benzene rings is 1. The van der Waals surface area contributed by atoms with Crippen molar-refractivity contribution in [2.24, 2.45) is 0 Å². The topological polar surface area (TPSA) is 58.4 Å². The second-order valence-electron chi connectivity index (χ2n) is 5.42. The van der Waals surface area contributed by atoms with Gasteiger partial charge in [0.05, 0.1) is 5.56 Å². The second-order valence-corrected chi connectivity index (χ2v) is 5.42. The summed E-state index contributed by atoms with van der Waals surface area (Å²) in [5.41, 5.74) is 6.21. The summed E-state index contributed by atoms with van der Waals surface area (Å²) in [5, 5.41) is 2.99.